The lowest BCUT2D eigenvalue weighted by molar-refractivity contribution is -0.117. The van der Waals surface area contributed by atoms with Crippen molar-refractivity contribution < 1.29 is 9.53 Å². The molecule has 3 nitrogen and oxygen atoms in total. The number of alkyl halides is 1. The van der Waals surface area contributed by atoms with Gasteiger partial charge in [0, 0.05) is 7.11 Å². The van der Waals surface area contributed by atoms with E-state index < -0.39 is 0 Å². The van der Waals surface area contributed by atoms with Gasteiger partial charge in [-0.1, -0.05) is 40.2 Å². The molecular formula is C11H14BrNO2. The zero-order valence-corrected chi connectivity index (χ0v) is 10.2. The Hall–Kier alpha value is -0.870. The fourth-order valence-corrected chi connectivity index (χ4v) is 1.69. The van der Waals surface area contributed by atoms with Crippen LogP contribution in [0, 0.1) is 0 Å². The first kappa shape index (κ1) is 12.2. The van der Waals surface area contributed by atoms with E-state index in [0.29, 0.717) is 13.0 Å². The normalized spacial score (nSPS) is 12.4. The molecule has 0 spiro atoms. The third-order valence-corrected chi connectivity index (χ3v) is 2.80. The third-order valence-electron chi connectivity index (χ3n) is 2.03. The van der Waals surface area contributed by atoms with Gasteiger partial charge in [0.15, 0.2) is 0 Å². The van der Waals surface area contributed by atoms with Crippen LogP contribution >= 0.6 is 15.9 Å². The Morgan fingerprint density at radius 2 is 2.20 bits per heavy atom. The minimum absolute atomic E-state index is 0.310. The number of carbonyl (C=O) groups is 1. The van der Waals surface area contributed by atoms with Crippen LogP contribution in [-0.4, -0.2) is 17.8 Å². The average molecular weight is 272 g/mol. The molecule has 0 heterocycles. The van der Waals surface area contributed by atoms with Gasteiger partial charge in [-0.15, -0.1) is 0 Å². The van der Waals surface area contributed by atoms with Gasteiger partial charge in [0.1, 0.15) is 0 Å². The fourth-order valence-electron chi connectivity index (χ4n) is 1.32. The number of hydrogen-bond donors (Lipinski definition) is 1. The first-order valence-electron chi connectivity index (χ1n) is 4.63. The molecule has 0 aliphatic rings. The first-order chi connectivity index (χ1) is 7.13. The Labute approximate surface area is 97.7 Å². The largest absolute Gasteiger partial charge is 0.380 e. The van der Waals surface area contributed by atoms with Crippen molar-refractivity contribution in [3.05, 3.63) is 35.4 Å². The summed E-state index contributed by atoms with van der Waals surface area (Å²) < 4.78 is 5.03. The number of methoxy groups -OCH3 is 1. The zero-order valence-electron chi connectivity index (χ0n) is 8.57. The van der Waals surface area contributed by atoms with Crippen LogP contribution in [0.25, 0.3) is 0 Å². The second-order valence-electron chi connectivity index (χ2n) is 3.33. The van der Waals surface area contributed by atoms with E-state index in [2.05, 4.69) is 15.9 Å². The molecule has 1 rings (SSSR count). The van der Waals surface area contributed by atoms with Gasteiger partial charge in [0.05, 0.1) is 11.4 Å². The molecule has 0 fully saturated rings. The molecule has 0 saturated heterocycles. The summed E-state index contributed by atoms with van der Waals surface area (Å²) in [6.45, 7) is 0.581. The van der Waals surface area contributed by atoms with Gasteiger partial charge in [0.2, 0.25) is 5.91 Å². The number of carbonyl (C=O) groups excluding carboxylic acids is 1. The lowest BCUT2D eigenvalue weighted by Crippen LogP contribution is -2.24. The Balaban J connectivity index is 2.68. The topological polar surface area (TPSA) is 52.3 Å². The Morgan fingerprint density at radius 3 is 2.80 bits per heavy atom. The summed E-state index contributed by atoms with van der Waals surface area (Å²) in [5.41, 5.74) is 7.34. The Morgan fingerprint density at radius 1 is 1.53 bits per heavy atom. The summed E-state index contributed by atoms with van der Waals surface area (Å²) in [7, 11) is 1.66. The SMILES string of the molecule is COCc1cccc(CC(Br)C(N)=O)c1. The molecule has 1 aromatic carbocycles. The average Bonchev–Trinajstić information content (AvgIpc) is 2.18. The summed E-state index contributed by atoms with van der Waals surface area (Å²) in [5, 5.41) is 0. The van der Waals surface area contributed by atoms with Crippen LogP contribution in [0.4, 0.5) is 0 Å². The molecule has 0 aliphatic heterocycles. The maximum Gasteiger partial charge on any atom is 0.231 e. The van der Waals surface area contributed by atoms with E-state index in [9.17, 15) is 4.79 Å². The van der Waals surface area contributed by atoms with E-state index in [1.807, 2.05) is 24.3 Å². The quantitative estimate of drug-likeness (QED) is 0.828. The van der Waals surface area contributed by atoms with Gasteiger partial charge in [0.25, 0.3) is 0 Å². The maximum atomic E-state index is 10.9. The van der Waals surface area contributed by atoms with Crippen molar-refractivity contribution in [2.75, 3.05) is 7.11 Å². The highest BCUT2D eigenvalue weighted by Gasteiger charge is 2.11. The Kier molecular flexibility index (Phi) is 4.78. The number of benzene rings is 1. The molecule has 0 bridgehead atoms. The smallest absolute Gasteiger partial charge is 0.231 e. The van der Waals surface area contributed by atoms with E-state index in [1.54, 1.807) is 7.11 Å². The van der Waals surface area contributed by atoms with E-state index in [-0.39, 0.29) is 10.7 Å². The fraction of sp³-hybridized carbons (Fsp3) is 0.364. The summed E-state index contributed by atoms with van der Waals surface area (Å²) in [4.78, 5) is 10.6. The van der Waals surface area contributed by atoms with Crippen LogP contribution in [0.2, 0.25) is 0 Å². The molecule has 1 aromatic rings. The minimum Gasteiger partial charge on any atom is -0.380 e. The molecule has 0 aliphatic carbocycles. The predicted octanol–water partition coefficient (Wildman–Crippen LogP) is 1.62. The number of rotatable bonds is 5. The molecule has 2 N–H and O–H groups in total. The van der Waals surface area contributed by atoms with Crippen molar-refractivity contribution >= 4 is 21.8 Å². The van der Waals surface area contributed by atoms with Crippen LogP contribution in [0.1, 0.15) is 11.1 Å². The highest BCUT2D eigenvalue weighted by atomic mass is 79.9. The number of ether oxygens (including phenoxy) is 1. The summed E-state index contributed by atoms with van der Waals surface area (Å²) in [6, 6.07) is 7.92. The van der Waals surface area contributed by atoms with Gasteiger partial charge in [-0.3, -0.25) is 4.79 Å². The molecule has 1 unspecified atom stereocenters. The van der Waals surface area contributed by atoms with Crippen molar-refractivity contribution in [2.45, 2.75) is 17.9 Å². The minimum atomic E-state index is -0.341. The van der Waals surface area contributed by atoms with E-state index >= 15 is 0 Å². The van der Waals surface area contributed by atoms with Crippen LogP contribution in [0.3, 0.4) is 0 Å². The lowest BCUT2D eigenvalue weighted by atomic mass is 10.1. The predicted molar refractivity (Wildman–Crippen MR) is 62.8 cm³/mol. The number of halogens is 1. The molecule has 82 valence electrons. The number of primary amides is 1. The molecule has 15 heavy (non-hydrogen) atoms. The standard InChI is InChI=1S/C11H14BrNO2/c1-15-7-9-4-2-3-8(5-9)6-10(12)11(13)14/h2-5,10H,6-7H2,1H3,(H2,13,14). The van der Waals surface area contributed by atoms with Crippen LogP contribution < -0.4 is 5.73 Å². The second-order valence-corrected chi connectivity index (χ2v) is 4.43. The second kappa shape index (κ2) is 5.88. The Bertz CT molecular complexity index is 341. The van der Waals surface area contributed by atoms with Gasteiger partial charge in [-0.05, 0) is 17.5 Å². The molecule has 0 saturated carbocycles. The van der Waals surface area contributed by atoms with Crippen LogP contribution in [-0.2, 0) is 22.6 Å². The zero-order chi connectivity index (χ0) is 11.3. The highest BCUT2D eigenvalue weighted by molar-refractivity contribution is 9.10. The van der Waals surface area contributed by atoms with Crippen LogP contribution in [0.15, 0.2) is 24.3 Å². The number of nitrogens with two attached hydrogens (primary N) is 1. The molecule has 0 radical (unpaired) electrons. The van der Waals surface area contributed by atoms with Crippen molar-refractivity contribution in [2.24, 2.45) is 5.73 Å². The van der Waals surface area contributed by atoms with Crippen LogP contribution in [0.5, 0.6) is 0 Å². The van der Waals surface area contributed by atoms with E-state index in [4.69, 9.17) is 10.5 Å². The molecular weight excluding hydrogens is 258 g/mol. The van der Waals surface area contributed by atoms with E-state index in [1.165, 1.54) is 0 Å². The number of hydrogen-bond acceptors (Lipinski definition) is 2. The molecule has 1 atom stereocenters. The molecule has 0 aromatic heterocycles. The maximum absolute atomic E-state index is 10.9. The number of amides is 1. The molecule has 1 amide bonds. The van der Waals surface area contributed by atoms with E-state index in [0.717, 1.165) is 11.1 Å². The summed E-state index contributed by atoms with van der Waals surface area (Å²) >= 11 is 3.24. The van der Waals surface area contributed by atoms with Gasteiger partial charge in [-0.2, -0.15) is 0 Å². The molecule has 4 heteroatoms. The van der Waals surface area contributed by atoms with Crippen molar-refractivity contribution in [3.63, 3.8) is 0 Å². The lowest BCUT2D eigenvalue weighted by Gasteiger charge is -2.07. The summed E-state index contributed by atoms with van der Waals surface area (Å²) in [5.74, 6) is -0.341. The third kappa shape index (κ3) is 4.01. The van der Waals surface area contributed by atoms with Crippen molar-refractivity contribution in [3.8, 4) is 0 Å². The van der Waals surface area contributed by atoms with Gasteiger partial charge < -0.3 is 10.5 Å². The monoisotopic (exact) mass is 271 g/mol. The van der Waals surface area contributed by atoms with Crippen molar-refractivity contribution in [1.82, 2.24) is 0 Å². The van der Waals surface area contributed by atoms with Gasteiger partial charge >= 0.3 is 0 Å². The van der Waals surface area contributed by atoms with Crippen molar-refractivity contribution in [1.29, 1.82) is 0 Å². The first-order valence-corrected chi connectivity index (χ1v) is 5.55. The van der Waals surface area contributed by atoms with Gasteiger partial charge in [-0.25, -0.2) is 0 Å². The summed E-state index contributed by atoms with van der Waals surface area (Å²) in [6.07, 6.45) is 0.604. The highest BCUT2D eigenvalue weighted by Crippen LogP contribution is 2.12.